The molecule has 0 heterocycles. The number of rotatable bonds is 3. The molecule has 0 aliphatic carbocycles. The molecule has 0 atom stereocenters. The molecule has 0 radical (unpaired) electrons. The van der Waals surface area contributed by atoms with E-state index in [-0.39, 0.29) is 5.57 Å². The summed E-state index contributed by atoms with van der Waals surface area (Å²) in [5, 5.41) is 8.22. The fraction of sp³-hybridized carbons (Fsp3) is 0. The van der Waals surface area contributed by atoms with Crippen LogP contribution in [0, 0.1) is 0 Å². The van der Waals surface area contributed by atoms with Crippen molar-refractivity contribution < 1.29 is 9.90 Å². The highest BCUT2D eigenvalue weighted by molar-refractivity contribution is 5.88. The van der Waals surface area contributed by atoms with Crippen LogP contribution in [-0.2, 0) is 4.79 Å². The zero-order valence-corrected chi connectivity index (χ0v) is 5.00. The molecular formula is C7H8O2. The topological polar surface area (TPSA) is 37.3 Å². The third kappa shape index (κ3) is 3.29. The van der Waals surface area contributed by atoms with Gasteiger partial charge in [0.15, 0.2) is 0 Å². The van der Waals surface area contributed by atoms with Gasteiger partial charge in [-0.3, -0.25) is 0 Å². The Morgan fingerprint density at radius 3 is 2.44 bits per heavy atom. The van der Waals surface area contributed by atoms with Crippen LogP contribution in [0.25, 0.3) is 0 Å². The number of carbonyl (C=O) groups is 1. The Morgan fingerprint density at radius 2 is 2.11 bits per heavy atom. The van der Waals surface area contributed by atoms with E-state index in [2.05, 4.69) is 13.2 Å². The van der Waals surface area contributed by atoms with Crippen molar-refractivity contribution in [1.29, 1.82) is 0 Å². The Bertz CT molecular complexity index is 166. The lowest BCUT2D eigenvalue weighted by Gasteiger charge is -1.85. The lowest BCUT2D eigenvalue weighted by Crippen LogP contribution is -1.94. The monoisotopic (exact) mass is 124 g/mol. The predicted octanol–water partition coefficient (Wildman–Crippen LogP) is 1.37. The van der Waals surface area contributed by atoms with E-state index in [0.29, 0.717) is 0 Å². The molecule has 0 amide bonds. The van der Waals surface area contributed by atoms with E-state index in [0.717, 1.165) is 0 Å². The fourth-order valence-corrected chi connectivity index (χ4v) is 0.255. The van der Waals surface area contributed by atoms with Crippen LogP contribution < -0.4 is 0 Å². The number of hydrogen-bond acceptors (Lipinski definition) is 1. The summed E-state index contributed by atoms with van der Waals surface area (Å²) in [4.78, 5) is 10.0. The number of carboxylic acids is 1. The van der Waals surface area contributed by atoms with Crippen LogP contribution in [0.4, 0.5) is 0 Å². The minimum atomic E-state index is -1.01. The van der Waals surface area contributed by atoms with Crippen molar-refractivity contribution in [3.8, 4) is 0 Å². The molecule has 0 spiro atoms. The van der Waals surface area contributed by atoms with E-state index in [4.69, 9.17) is 5.11 Å². The highest BCUT2D eigenvalue weighted by Crippen LogP contribution is 1.91. The summed E-state index contributed by atoms with van der Waals surface area (Å²) in [6, 6.07) is 0. The van der Waals surface area contributed by atoms with E-state index in [9.17, 15) is 4.79 Å². The third-order valence-corrected chi connectivity index (χ3v) is 0.708. The first kappa shape index (κ1) is 7.69. The zero-order chi connectivity index (χ0) is 7.28. The van der Waals surface area contributed by atoms with Crippen LogP contribution in [0.2, 0.25) is 0 Å². The van der Waals surface area contributed by atoms with Crippen molar-refractivity contribution in [2.24, 2.45) is 0 Å². The molecular weight excluding hydrogens is 116 g/mol. The van der Waals surface area contributed by atoms with Crippen LogP contribution in [0.3, 0.4) is 0 Å². The first-order valence-corrected chi connectivity index (χ1v) is 2.39. The Morgan fingerprint density at radius 1 is 1.56 bits per heavy atom. The van der Waals surface area contributed by atoms with Gasteiger partial charge in [0.2, 0.25) is 0 Å². The van der Waals surface area contributed by atoms with Crippen molar-refractivity contribution in [3.05, 3.63) is 37.0 Å². The summed E-state index contributed by atoms with van der Waals surface area (Å²) in [5.41, 5.74) is 0.0647. The van der Waals surface area contributed by atoms with Crippen molar-refractivity contribution >= 4 is 5.97 Å². The zero-order valence-electron chi connectivity index (χ0n) is 5.00. The molecule has 0 bridgehead atoms. The van der Waals surface area contributed by atoms with Gasteiger partial charge in [-0.15, -0.1) is 0 Å². The van der Waals surface area contributed by atoms with Gasteiger partial charge in [0, 0.05) is 0 Å². The maximum absolute atomic E-state index is 10.0. The van der Waals surface area contributed by atoms with Gasteiger partial charge in [0.25, 0.3) is 0 Å². The largest absolute Gasteiger partial charge is 0.478 e. The van der Waals surface area contributed by atoms with Gasteiger partial charge in [0.05, 0.1) is 5.57 Å². The maximum Gasteiger partial charge on any atom is 0.335 e. The van der Waals surface area contributed by atoms with Crippen molar-refractivity contribution in [2.75, 3.05) is 0 Å². The van der Waals surface area contributed by atoms with Gasteiger partial charge in [-0.1, -0.05) is 25.3 Å². The van der Waals surface area contributed by atoms with Gasteiger partial charge < -0.3 is 5.11 Å². The standard InChI is InChI=1S/C7H8O2/c1-3-4-5-6(2)7(8)9/h3-5H,1-2H2,(H,8,9)/b5-4+. The van der Waals surface area contributed by atoms with Crippen LogP contribution in [0.15, 0.2) is 37.0 Å². The van der Waals surface area contributed by atoms with Gasteiger partial charge in [-0.2, -0.15) is 0 Å². The van der Waals surface area contributed by atoms with Gasteiger partial charge in [-0.25, -0.2) is 4.79 Å². The molecule has 48 valence electrons. The molecule has 0 aliphatic heterocycles. The molecule has 2 heteroatoms. The minimum absolute atomic E-state index is 0.0647. The van der Waals surface area contributed by atoms with E-state index in [1.165, 1.54) is 18.2 Å². The molecule has 0 rings (SSSR count). The quantitative estimate of drug-likeness (QED) is 0.455. The van der Waals surface area contributed by atoms with Crippen LogP contribution in [0.5, 0.6) is 0 Å². The highest BCUT2D eigenvalue weighted by Gasteiger charge is 1.95. The minimum Gasteiger partial charge on any atom is -0.478 e. The Hall–Kier alpha value is -1.31. The maximum atomic E-state index is 10.0. The van der Waals surface area contributed by atoms with Crippen molar-refractivity contribution in [1.82, 2.24) is 0 Å². The molecule has 0 aromatic heterocycles. The number of aliphatic carboxylic acids is 1. The van der Waals surface area contributed by atoms with E-state index >= 15 is 0 Å². The Labute approximate surface area is 53.8 Å². The van der Waals surface area contributed by atoms with Crippen LogP contribution in [-0.4, -0.2) is 11.1 Å². The van der Waals surface area contributed by atoms with E-state index in [1.54, 1.807) is 0 Å². The summed E-state index contributed by atoms with van der Waals surface area (Å²) >= 11 is 0. The van der Waals surface area contributed by atoms with E-state index < -0.39 is 5.97 Å². The van der Waals surface area contributed by atoms with E-state index in [1.807, 2.05) is 0 Å². The number of carboxylic acid groups (broad SMARTS) is 1. The second kappa shape index (κ2) is 3.66. The molecule has 9 heavy (non-hydrogen) atoms. The average Bonchev–Trinajstić information content (AvgIpc) is 1.82. The summed E-state index contributed by atoms with van der Waals surface area (Å²) in [7, 11) is 0. The van der Waals surface area contributed by atoms with Crippen LogP contribution >= 0.6 is 0 Å². The smallest absolute Gasteiger partial charge is 0.335 e. The normalized spacial score (nSPS) is 9.33. The summed E-state index contributed by atoms with van der Waals surface area (Å²) in [5.74, 6) is -1.01. The number of hydrogen-bond donors (Lipinski definition) is 1. The second-order valence-corrected chi connectivity index (χ2v) is 1.43. The average molecular weight is 124 g/mol. The summed E-state index contributed by atoms with van der Waals surface area (Å²) in [6.45, 7) is 6.63. The van der Waals surface area contributed by atoms with Gasteiger partial charge >= 0.3 is 5.97 Å². The third-order valence-electron chi connectivity index (χ3n) is 0.708. The highest BCUT2D eigenvalue weighted by atomic mass is 16.4. The lowest BCUT2D eigenvalue weighted by atomic mass is 10.3. The van der Waals surface area contributed by atoms with Gasteiger partial charge in [-0.05, 0) is 6.08 Å². The molecule has 0 saturated heterocycles. The fourth-order valence-electron chi connectivity index (χ4n) is 0.255. The first-order valence-electron chi connectivity index (χ1n) is 2.39. The van der Waals surface area contributed by atoms with Gasteiger partial charge in [0.1, 0.15) is 0 Å². The first-order chi connectivity index (χ1) is 4.18. The van der Waals surface area contributed by atoms with Crippen molar-refractivity contribution in [3.63, 3.8) is 0 Å². The number of allylic oxidation sites excluding steroid dienone is 2. The lowest BCUT2D eigenvalue weighted by molar-refractivity contribution is -0.132. The van der Waals surface area contributed by atoms with Crippen LogP contribution in [0.1, 0.15) is 0 Å². The Kier molecular flexibility index (Phi) is 3.13. The molecule has 0 saturated carbocycles. The summed E-state index contributed by atoms with van der Waals surface area (Å²) in [6.07, 6.45) is 4.40. The van der Waals surface area contributed by atoms with Crippen molar-refractivity contribution in [2.45, 2.75) is 0 Å². The molecule has 0 fully saturated rings. The Balaban J connectivity index is 3.92. The molecule has 0 aromatic carbocycles. The molecule has 0 aliphatic rings. The SMILES string of the molecule is C=C/C=C/C(=C)C(=O)O. The summed E-state index contributed by atoms with van der Waals surface area (Å²) < 4.78 is 0. The molecule has 0 aromatic rings. The molecule has 0 unspecified atom stereocenters. The second-order valence-electron chi connectivity index (χ2n) is 1.43. The molecule has 2 nitrogen and oxygen atoms in total. The molecule has 1 N–H and O–H groups in total. The predicted molar refractivity (Wildman–Crippen MR) is 36.1 cm³/mol.